The molecule has 10 nitrogen and oxygen atoms in total. The average molecular weight is 278 g/mol. The Morgan fingerprint density at radius 2 is 1.00 bits per heavy atom. The first kappa shape index (κ1) is 15.3. The second-order valence-corrected chi connectivity index (χ2v) is 9.17. The van der Waals surface area contributed by atoms with Crippen LogP contribution >= 0.6 is 0 Å². The highest BCUT2D eigenvalue weighted by atomic mass is 28.5. The maximum absolute atomic E-state index is 9.02. The summed E-state index contributed by atoms with van der Waals surface area (Å²) in [6.45, 7) is 0. The lowest BCUT2D eigenvalue weighted by molar-refractivity contribution is 0.0622. The Kier molecular flexibility index (Phi) is 5.14. The van der Waals surface area contributed by atoms with Crippen molar-refractivity contribution in [3.63, 3.8) is 0 Å². The van der Waals surface area contributed by atoms with Crippen LogP contribution in [0.4, 0.5) is 0 Å². The molecule has 15 heavy (non-hydrogen) atoms. The molecule has 0 aromatic heterocycles. The number of hydrogen-bond donors (Lipinski definition) is 8. The van der Waals surface area contributed by atoms with Gasteiger partial charge in [-0.05, 0) is 0 Å². The van der Waals surface area contributed by atoms with Gasteiger partial charge in [-0.25, -0.2) is 0 Å². The van der Waals surface area contributed by atoms with Crippen molar-refractivity contribution in [1.29, 1.82) is 0 Å². The lowest BCUT2D eigenvalue weighted by Gasteiger charge is -2.27. The summed E-state index contributed by atoms with van der Waals surface area (Å²) in [5, 5.41) is 0. The van der Waals surface area contributed by atoms with Crippen molar-refractivity contribution in [3.05, 3.63) is 0 Å². The molecule has 0 aromatic rings. The minimum atomic E-state index is -5.05. The standard InChI is InChI=1S/C2H14N2O8Si3/c3-1-13(5,6)11-15(9,10)12-14(7,8)2-4/h5-10H,1-4H2. The van der Waals surface area contributed by atoms with Gasteiger partial charge in [-0.15, -0.1) is 0 Å². The second kappa shape index (κ2) is 5.05. The fourth-order valence-electron chi connectivity index (χ4n) is 0.530. The van der Waals surface area contributed by atoms with Crippen molar-refractivity contribution < 1.29 is 37.0 Å². The molecule has 0 aliphatic carbocycles. The van der Waals surface area contributed by atoms with E-state index in [4.69, 9.17) is 40.2 Å². The summed E-state index contributed by atoms with van der Waals surface area (Å²) in [7, 11) is -14.0. The van der Waals surface area contributed by atoms with E-state index in [0.717, 1.165) is 0 Å². The summed E-state index contributed by atoms with van der Waals surface area (Å²) >= 11 is 0. The zero-order chi connectivity index (χ0) is 12.3. The minimum Gasteiger partial charge on any atom is -0.389 e. The highest BCUT2D eigenvalue weighted by Crippen LogP contribution is 2.09. The van der Waals surface area contributed by atoms with E-state index in [0.29, 0.717) is 0 Å². The van der Waals surface area contributed by atoms with Crippen LogP contribution in [-0.2, 0) is 8.23 Å². The Morgan fingerprint density at radius 1 is 0.733 bits per heavy atom. The van der Waals surface area contributed by atoms with E-state index >= 15 is 0 Å². The van der Waals surface area contributed by atoms with Gasteiger partial charge in [0.25, 0.3) is 0 Å². The van der Waals surface area contributed by atoms with Crippen molar-refractivity contribution in [3.8, 4) is 0 Å². The Bertz CT molecular complexity index is 190. The van der Waals surface area contributed by atoms with E-state index in [-0.39, 0.29) is 0 Å². The van der Waals surface area contributed by atoms with Gasteiger partial charge < -0.3 is 48.5 Å². The fraction of sp³-hybridized carbons (Fsp3) is 1.00. The molecule has 92 valence electrons. The first-order valence-electron chi connectivity index (χ1n) is 3.68. The van der Waals surface area contributed by atoms with Gasteiger partial charge in [0.15, 0.2) is 0 Å². The zero-order valence-corrected chi connectivity index (χ0v) is 10.6. The van der Waals surface area contributed by atoms with Crippen molar-refractivity contribution in [2.45, 2.75) is 0 Å². The Labute approximate surface area is 88.2 Å². The van der Waals surface area contributed by atoms with Gasteiger partial charge in [-0.1, -0.05) is 0 Å². The molecule has 0 fully saturated rings. The fourth-order valence-corrected chi connectivity index (χ4v) is 5.15. The van der Waals surface area contributed by atoms with Crippen LogP contribution in [0.2, 0.25) is 0 Å². The lowest BCUT2D eigenvalue weighted by atomic mass is 11.5. The van der Waals surface area contributed by atoms with Crippen LogP contribution in [0.3, 0.4) is 0 Å². The summed E-state index contributed by atoms with van der Waals surface area (Å²) in [5.74, 6) is 0. The molecule has 13 heteroatoms. The van der Waals surface area contributed by atoms with E-state index in [1.807, 2.05) is 0 Å². The number of rotatable bonds is 6. The summed E-state index contributed by atoms with van der Waals surface area (Å²) in [4.78, 5) is 53.8. The molecule has 0 heterocycles. The Morgan fingerprint density at radius 3 is 1.20 bits per heavy atom. The molecular formula is C2H14N2O8Si3. The van der Waals surface area contributed by atoms with E-state index in [9.17, 15) is 0 Å². The van der Waals surface area contributed by atoms with Crippen molar-refractivity contribution >= 4 is 26.7 Å². The van der Waals surface area contributed by atoms with Crippen LogP contribution < -0.4 is 11.5 Å². The Hall–Kier alpha value is 0.251. The summed E-state index contributed by atoms with van der Waals surface area (Å²) in [5.41, 5.74) is 9.71. The molecule has 0 bridgehead atoms. The molecule has 0 unspecified atom stereocenters. The molecular weight excluding hydrogens is 264 g/mol. The molecule has 0 aliphatic rings. The van der Waals surface area contributed by atoms with E-state index in [2.05, 4.69) is 8.23 Å². The number of hydrogen-bond acceptors (Lipinski definition) is 10. The third-order valence-electron chi connectivity index (χ3n) is 1.12. The van der Waals surface area contributed by atoms with Crippen LogP contribution in [0.5, 0.6) is 0 Å². The molecule has 0 atom stereocenters. The second-order valence-electron chi connectivity index (χ2n) is 2.65. The van der Waals surface area contributed by atoms with Gasteiger partial charge in [0.2, 0.25) is 0 Å². The maximum Gasteiger partial charge on any atom is 0.659 e. The van der Waals surface area contributed by atoms with Gasteiger partial charge in [0.05, 0.1) is 12.3 Å². The van der Waals surface area contributed by atoms with Gasteiger partial charge in [0.1, 0.15) is 0 Å². The predicted octanol–water partition coefficient (Wildman–Crippen LogP) is -5.72. The maximum atomic E-state index is 9.02. The van der Waals surface area contributed by atoms with Crippen LogP contribution in [0.1, 0.15) is 0 Å². The van der Waals surface area contributed by atoms with Crippen LogP contribution in [-0.4, -0.2) is 67.8 Å². The molecule has 0 saturated heterocycles. The highest BCUT2D eigenvalue weighted by Gasteiger charge is 2.53. The van der Waals surface area contributed by atoms with E-state index in [1.54, 1.807) is 0 Å². The van der Waals surface area contributed by atoms with E-state index < -0.39 is 39.0 Å². The van der Waals surface area contributed by atoms with Gasteiger partial charge in [0, 0.05) is 0 Å². The quantitative estimate of drug-likeness (QED) is 0.217. The smallest absolute Gasteiger partial charge is 0.389 e. The first-order valence-corrected chi connectivity index (χ1v) is 9.41. The third kappa shape index (κ3) is 6.42. The SMILES string of the molecule is NC[Si](O)(O)O[Si](O)(O)O[Si](O)(O)CN. The van der Waals surface area contributed by atoms with Crippen molar-refractivity contribution in [1.82, 2.24) is 0 Å². The van der Waals surface area contributed by atoms with Gasteiger partial charge >= 0.3 is 26.7 Å². The molecule has 0 aromatic carbocycles. The molecule has 0 amide bonds. The molecule has 0 aliphatic heterocycles. The van der Waals surface area contributed by atoms with Crippen LogP contribution in [0.25, 0.3) is 0 Å². The van der Waals surface area contributed by atoms with Crippen LogP contribution in [0.15, 0.2) is 0 Å². The van der Waals surface area contributed by atoms with Gasteiger partial charge in [-0.3, -0.25) is 0 Å². The Balaban J connectivity index is 4.43. The van der Waals surface area contributed by atoms with Crippen molar-refractivity contribution in [2.24, 2.45) is 11.5 Å². The van der Waals surface area contributed by atoms with Crippen molar-refractivity contribution in [2.75, 3.05) is 12.3 Å². The van der Waals surface area contributed by atoms with E-state index in [1.165, 1.54) is 0 Å². The van der Waals surface area contributed by atoms with Gasteiger partial charge in [-0.2, -0.15) is 0 Å². The lowest BCUT2D eigenvalue weighted by Crippen LogP contribution is -2.64. The minimum absolute atomic E-state index is 0.736. The summed E-state index contributed by atoms with van der Waals surface area (Å²) in [6.07, 6.45) is -1.47. The monoisotopic (exact) mass is 278 g/mol. The number of nitrogens with two attached hydrogens (primary N) is 2. The third-order valence-corrected chi connectivity index (χ3v) is 6.93. The average Bonchev–Trinajstić information content (AvgIpc) is 2.00. The largest absolute Gasteiger partial charge is 0.659 e. The zero-order valence-electron chi connectivity index (χ0n) is 7.57. The molecule has 0 saturated carbocycles. The van der Waals surface area contributed by atoms with Crippen LogP contribution in [0, 0.1) is 0 Å². The topological polar surface area (TPSA) is 192 Å². The first-order chi connectivity index (χ1) is 6.54. The predicted molar refractivity (Wildman–Crippen MR) is 50.9 cm³/mol. The molecule has 0 rings (SSSR count). The molecule has 0 spiro atoms. The molecule has 10 N–H and O–H groups in total. The summed E-state index contributed by atoms with van der Waals surface area (Å²) < 4.78 is 8.05. The highest BCUT2D eigenvalue weighted by molar-refractivity contribution is 6.75. The molecule has 0 radical (unpaired) electrons. The normalized spacial score (nSPS) is 14.4. The summed E-state index contributed by atoms with van der Waals surface area (Å²) in [6, 6.07) is 0.